The van der Waals surface area contributed by atoms with Crippen LogP contribution in [0.25, 0.3) is 0 Å². The normalized spacial score (nSPS) is 29.8. The maximum Gasteiger partial charge on any atom is 0.407 e. The van der Waals surface area contributed by atoms with Gasteiger partial charge in [-0.1, -0.05) is 0 Å². The molecule has 1 N–H and O–H groups in total. The maximum absolute atomic E-state index is 11.9. The standard InChI is InChI=1S/C6H8F3NO2/c1-5(2-6(7,8)9)3-12-4(11)10-5/h2-3H2,1H3,(H,10,11). The molecule has 3 nitrogen and oxygen atoms in total. The van der Waals surface area contributed by atoms with E-state index >= 15 is 0 Å². The van der Waals surface area contributed by atoms with Crippen molar-refractivity contribution in [2.45, 2.75) is 25.1 Å². The monoisotopic (exact) mass is 183 g/mol. The predicted molar refractivity (Wildman–Crippen MR) is 33.6 cm³/mol. The summed E-state index contributed by atoms with van der Waals surface area (Å²) < 4.78 is 40.0. The van der Waals surface area contributed by atoms with Crippen LogP contribution in [0.1, 0.15) is 13.3 Å². The van der Waals surface area contributed by atoms with Crippen molar-refractivity contribution >= 4 is 6.09 Å². The van der Waals surface area contributed by atoms with Crippen molar-refractivity contribution in [1.29, 1.82) is 0 Å². The molecule has 0 aromatic carbocycles. The van der Waals surface area contributed by atoms with Gasteiger partial charge in [-0.05, 0) is 6.92 Å². The van der Waals surface area contributed by atoms with Crippen molar-refractivity contribution in [3.05, 3.63) is 0 Å². The molecule has 1 saturated heterocycles. The lowest BCUT2D eigenvalue weighted by Crippen LogP contribution is -2.43. The average Bonchev–Trinajstić information content (AvgIpc) is 2.05. The molecule has 1 aliphatic heterocycles. The number of carbonyl (C=O) groups is 1. The minimum atomic E-state index is -4.28. The Balaban J connectivity index is 2.56. The molecule has 0 bridgehead atoms. The number of carbonyl (C=O) groups excluding carboxylic acids is 1. The average molecular weight is 183 g/mol. The molecule has 1 aliphatic rings. The van der Waals surface area contributed by atoms with Crippen LogP contribution in [0.5, 0.6) is 0 Å². The Morgan fingerprint density at radius 2 is 2.25 bits per heavy atom. The number of alkyl carbamates (subject to hydrolysis) is 1. The third kappa shape index (κ3) is 2.28. The number of hydrogen-bond acceptors (Lipinski definition) is 2. The van der Waals surface area contributed by atoms with E-state index < -0.39 is 24.2 Å². The smallest absolute Gasteiger partial charge is 0.407 e. The zero-order valence-electron chi connectivity index (χ0n) is 6.36. The quantitative estimate of drug-likeness (QED) is 0.667. The fourth-order valence-corrected chi connectivity index (χ4v) is 1.08. The highest BCUT2D eigenvalue weighted by molar-refractivity contribution is 5.70. The first-order valence-electron chi connectivity index (χ1n) is 3.32. The maximum atomic E-state index is 11.9. The van der Waals surface area contributed by atoms with Gasteiger partial charge in [0.1, 0.15) is 6.61 Å². The van der Waals surface area contributed by atoms with Crippen molar-refractivity contribution in [2.75, 3.05) is 6.61 Å². The lowest BCUT2D eigenvalue weighted by Gasteiger charge is -2.21. The van der Waals surface area contributed by atoms with Gasteiger partial charge in [-0.2, -0.15) is 13.2 Å². The summed E-state index contributed by atoms with van der Waals surface area (Å²) in [5.41, 5.74) is -1.30. The third-order valence-electron chi connectivity index (χ3n) is 1.52. The van der Waals surface area contributed by atoms with E-state index in [4.69, 9.17) is 0 Å². The summed E-state index contributed by atoms with van der Waals surface area (Å²) in [6.07, 6.45) is -6.14. The van der Waals surface area contributed by atoms with Gasteiger partial charge in [-0.25, -0.2) is 4.79 Å². The number of nitrogens with one attached hydrogen (secondary N) is 1. The van der Waals surface area contributed by atoms with E-state index in [1.807, 2.05) is 0 Å². The van der Waals surface area contributed by atoms with Crippen molar-refractivity contribution in [1.82, 2.24) is 5.32 Å². The largest absolute Gasteiger partial charge is 0.447 e. The van der Waals surface area contributed by atoms with Crippen LogP contribution in [0.3, 0.4) is 0 Å². The number of amides is 1. The van der Waals surface area contributed by atoms with Gasteiger partial charge in [0, 0.05) is 0 Å². The molecule has 1 unspecified atom stereocenters. The van der Waals surface area contributed by atoms with Crippen LogP contribution < -0.4 is 5.32 Å². The number of halogens is 3. The van der Waals surface area contributed by atoms with E-state index in [2.05, 4.69) is 10.1 Å². The zero-order valence-corrected chi connectivity index (χ0v) is 6.36. The number of cyclic esters (lactones) is 1. The second kappa shape index (κ2) is 2.53. The summed E-state index contributed by atoms with van der Waals surface area (Å²) in [4.78, 5) is 10.4. The molecule has 1 fully saturated rings. The molecule has 1 heterocycles. The summed E-state index contributed by atoms with van der Waals surface area (Å²) >= 11 is 0. The number of alkyl halides is 3. The lowest BCUT2D eigenvalue weighted by molar-refractivity contribution is -0.147. The van der Waals surface area contributed by atoms with Gasteiger partial charge in [0.05, 0.1) is 12.0 Å². The lowest BCUT2D eigenvalue weighted by atomic mass is 10.0. The molecular weight excluding hydrogens is 175 g/mol. The van der Waals surface area contributed by atoms with E-state index in [0.717, 1.165) is 0 Å². The van der Waals surface area contributed by atoms with Crippen molar-refractivity contribution < 1.29 is 22.7 Å². The minimum absolute atomic E-state index is 0.231. The molecule has 12 heavy (non-hydrogen) atoms. The Hall–Kier alpha value is -0.940. The fourth-order valence-electron chi connectivity index (χ4n) is 1.08. The predicted octanol–water partition coefficient (Wildman–Crippen LogP) is 1.44. The summed E-state index contributed by atoms with van der Waals surface area (Å²) in [7, 11) is 0. The van der Waals surface area contributed by atoms with Gasteiger partial charge in [-0.3, -0.25) is 0 Å². The number of hydrogen-bond donors (Lipinski definition) is 1. The summed E-state index contributed by atoms with van der Waals surface area (Å²) in [5, 5.41) is 2.11. The van der Waals surface area contributed by atoms with Gasteiger partial charge < -0.3 is 10.1 Å². The Kier molecular flexibility index (Phi) is 1.93. The van der Waals surface area contributed by atoms with Crippen LogP contribution in [0.4, 0.5) is 18.0 Å². The molecule has 0 radical (unpaired) electrons. The Bertz CT molecular complexity index is 203. The minimum Gasteiger partial charge on any atom is -0.447 e. The number of ether oxygens (including phenoxy) is 1. The Morgan fingerprint density at radius 1 is 1.67 bits per heavy atom. The van der Waals surface area contributed by atoms with E-state index in [1.165, 1.54) is 6.92 Å². The highest BCUT2D eigenvalue weighted by Gasteiger charge is 2.44. The van der Waals surface area contributed by atoms with Crippen LogP contribution in [-0.4, -0.2) is 24.4 Å². The molecule has 0 aliphatic carbocycles. The highest BCUT2D eigenvalue weighted by atomic mass is 19.4. The molecule has 70 valence electrons. The van der Waals surface area contributed by atoms with E-state index in [0.29, 0.717) is 0 Å². The van der Waals surface area contributed by atoms with Crippen molar-refractivity contribution in [3.8, 4) is 0 Å². The summed E-state index contributed by atoms with van der Waals surface area (Å²) in [6.45, 7) is 1.07. The molecule has 0 spiro atoms. The van der Waals surface area contributed by atoms with Crippen molar-refractivity contribution in [3.63, 3.8) is 0 Å². The SMILES string of the molecule is CC1(CC(F)(F)F)COC(=O)N1. The van der Waals surface area contributed by atoms with Crippen LogP contribution in [-0.2, 0) is 4.74 Å². The first kappa shape index (κ1) is 9.15. The molecule has 1 atom stereocenters. The van der Waals surface area contributed by atoms with Crippen molar-refractivity contribution in [2.24, 2.45) is 0 Å². The zero-order chi connectivity index (χ0) is 9.41. The highest BCUT2D eigenvalue weighted by Crippen LogP contribution is 2.29. The Labute approximate surface area is 66.9 Å². The third-order valence-corrected chi connectivity index (χ3v) is 1.52. The van der Waals surface area contributed by atoms with Gasteiger partial charge in [0.25, 0.3) is 0 Å². The summed E-state index contributed by atoms with van der Waals surface area (Å²) in [5.74, 6) is 0. The number of rotatable bonds is 1. The second-order valence-electron chi connectivity index (χ2n) is 3.05. The fraction of sp³-hybridized carbons (Fsp3) is 0.833. The molecule has 0 aromatic heterocycles. The Morgan fingerprint density at radius 3 is 2.58 bits per heavy atom. The topological polar surface area (TPSA) is 38.3 Å². The van der Waals surface area contributed by atoms with Gasteiger partial charge in [0.15, 0.2) is 0 Å². The van der Waals surface area contributed by atoms with Crippen LogP contribution in [0.15, 0.2) is 0 Å². The van der Waals surface area contributed by atoms with Gasteiger partial charge in [-0.15, -0.1) is 0 Å². The van der Waals surface area contributed by atoms with Crippen LogP contribution in [0, 0.1) is 0 Å². The van der Waals surface area contributed by atoms with Crippen LogP contribution in [0.2, 0.25) is 0 Å². The second-order valence-corrected chi connectivity index (χ2v) is 3.05. The van der Waals surface area contributed by atoms with E-state index in [9.17, 15) is 18.0 Å². The first-order chi connectivity index (χ1) is 5.31. The molecule has 0 aromatic rings. The summed E-state index contributed by atoms with van der Waals surface area (Å²) in [6, 6.07) is 0. The van der Waals surface area contributed by atoms with E-state index in [1.54, 1.807) is 0 Å². The molecular formula is C6H8F3NO2. The van der Waals surface area contributed by atoms with Gasteiger partial charge >= 0.3 is 12.3 Å². The molecule has 6 heteroatoms. The molecule has 0 saturated carbocycles. The molecule has 1 amide bonds. The molecule has 1 rings (SSSR count). The van der Waals surface area contributed by atoms with E-state index in [-0.39, 0.29) is 6.61 Å². The van der Waals surface area contributed by atoms with Gasteiger partial charge in [0.2, 0.25) is 0 Å². The first-order valence-corrected chi connectivity index (χ1v) is 3.32. The van der Waals surface area contributed by atoms with Crippen LogP contribution >= 0.6 is 0 Å².